The number of benzene rings is 2. The predicted octanol–water partition coefficient (Wildman–Crippen LogP) is 3.59. The first-order chi connectivity index (χ1) is 14.1. The second-order valence-corrected chi connectivity index (χ2v) is 8.24. The van der Waals surface area contributed by atoms with Gasteiger partial charge in [0.15, 0.2) is 5.58 Å². The van der Waals surface area contributed by atoms with E-state index in [0.717, 1.165) is 5.46 Å². The molecule has 0 unspecified atom stereocenters. The Morgan fingerprint density at radius 1 is 1.00 bits per heavy atom. The number of methoxy groups -OCH3 is 2. The van der Waals surface area contributed by atoms with Gasteiger partial charge < -0.3 is 23.2 Å². The van der Waals surface area contributed by atoms with Crippen molar-refractivity contribution in [2.75, 3.05) is 14.2 Å². The molecule has 1 saturated heterocycles. The maximum absolute atomic E-state index is 11.8. The van der Waals surface area contributed by atoms with E-state index in [2.05, 4.69) is 4.98 Å². The number of ether oxygens (including phenoxy) is 2. The molecule has 8 heteroatoms. The molecule has 0 N–H and O–H groups in total. The molecule has 0 aliphatic carbocycles. The van der Waals surface area contributed by atoms with E-state index in [1.165, 1.54) is 7.11 Å². The SMILES string of the molecule is COC(=O)c1ccc2oc(-c3cc(B4OC(C)(C)C(C)(C)O4)ccc3OC)nc2c1. The van der Waals surface area contributed by atoms with Gasteiger partial charge in [-0.05, 0) is 63.5 Å². The van der Waals surface area contributed by atoms with Crippen molar-refractivity contribution in [2.45, 2.75) is 38.9 Å². The van der Waals surface area contributed by atoms with Gasteiger partial charge >= 0.3 is 13.1 Å². The van der Waals surface area contributed by atoms with E-state index in [9.17, 15) is 4.79 Å². The fourth-order valence-corrected chi connectivity index (χ4v) is 3.31. The molecular formula is C22H24BNO6. The Morgan fingerprint density at radius 3 is 2.33 bits per heavy atom. The summed E-state index contributed by atoms with van der Waals surface area (Å²) in [5.41, 5.74) is 2.13. The number of carbonyl (C=O) groups excluding carboxylic acids is 1. The van der Waals surface area contributed by atoms with Crippen molar-refractivity contribution in [1.29, 1.82) is 0 Å². The average molecular weight is 409 g/mol. The van der Waals surface area contributed by atoms with Crippen LogP contribution < -0.4 is 10.2 Å². The van der Waals surface area contributed by atoms with Crippen LogP contribution in [0.25, 0.3) is 22.6 Å². The topological polar surface area (TPSA) is 80.0 Å². The standard InChI is InChI=1S/C22H24BNO6/c1-21(2)22(3,4)30-23(29-21)14-8-10-17(26-5)15(12-14)19-24-16-11-13(20(25)27-6)7-9-18(16)28-19/h7-12H,1-6H3. The Bertz CT molecular complexity index is 1100. The molecule has 0 atom stereocenters. The highest BCUT2D eigenvalue weighted by Crippen LogP contribution is 2.37. The van der Waals surface area contributed by atoms with Crippen LogP contribution in [0.1, 0.15) is 38.1 Å². The number of esters is 1. The van der Waals surface area contributed by atoms with Gasteiger partial charge in [-0.2, -0.15) is 0 Å². The van der Waals surface area contributed by atoms with Gasteiger partial charge in [0.1, 0.15) is 11.3 Å². The predicted molar refractivity (Wildman–Crippen MR) is 113 cm³/mol. The summed E-state index contributed by atoms with van der Waals surface area (Å²) in [5, 5.41) is 0. The highest BCUT2D eigenvalue weighted by molar-refractivity contribution is 6.62. The molecule has 0 spiro atoms. The first-order valence-electron chi connectivity index (χ1n) is 9.68. The van der Waals surface area contributed by atoms with E-state index in [-0.39, 0.29) is 0 Å². The van der Waals surface area contributed by atoms with Crippen molar-refractivity contribution in [3.8, 4) is 17.2 Å². The second-order valence-electron chi connectivity index (χ2n) is 8.24. The Balaban J connectivity index is 1.75. The molecule has 1 aliphatic heterocycles. The lowest BCUT2D eigenvalue weighted by atomic mass is 9.78. The molecule has 3 aromatic rings. The zero-order valence-electron chi connectivity index (χ0n) is 17.9. The van der Waals surface area contributed by atoms with Gasteiger partial charge in [-0.15, -0.1) is 0 Å². The second kappa shape index (κ2) is 7.14. The minimum Gasteiger partial charge on any atom is -0.496 e. The highest BCUT2D eigenvalue weighted by Gasteiger charge is 2.51. The summed E-state index contributed by atoms with van der Waals surface area (Å²) in [6.07, 6.45) is 0. The van der Waals surface area contributed by atoms with Crippen LogP contribution in [0.3, 0.4) is 0 Å². The van der Waals surface area contributed by atoms with E-state index < -0.39 is 24.3 Å². The van der Waals surface area contributed by atoms with Crippen LogP contribution in [0.5, 0.6) is 5.75 Å². The fraction of sp³-hybridized carbons (Fsp3) is 0.364. The Hall–Kier alpha value is -2.84. The maximum atomic E-state index is 11.8. The number of oxazole rings is 1. The van der Waals surface area contributed by atoms with Crippen molar-refractivity contribution < 1.29 is 28.0 Å². The van der Waals surface area contributed by atoms with Gasteiger partial charge in [-0.25, -0.2) is 9.78 Å². The lowest BCUT2D eigenvalue weighted by Crippen LogP contribution is -2.41. The number of rotatable bonds is 4. The number of carbonyl (C=O) groups is 1. The lowest BCUT2D eigenvalue weighted by molar-refractivity contribution is 0.00578. The molecule has 1 aromatic heterocycles. The summed E-state index contributed by atoms with van der Waals surface area (Å²) in [7, 11) is 2.41. The van der Waals surface area contributed by atoms with Crippen molar-refractivity contribution in [1.82, 2.24) is 4.98 Å². The van der Waals surface area contributed by atoms with Crippen LogP contribution in [-0.2, 0) is 14.0 Å². The molecule has 1 aliphatic rings. The third-order valence-electron chi connectivity index (χ3n) is 5.79. The molecule has 0 saturated carbocycles. The molecule has 156 valence electrons. The highest BCUT2D eigenvalue weighted by atomic mass is 16.7. The van der Waals surface area contributed by atoms with Gasteiger partial charge in [-0.1, -0.05) is 6.07 Å². The number of aromatic nitrogens is 1. The van der Waals surface area contributed by atoms with Crippen LogP contribution in [0.15, 0.2) is 40.8 Å². The van der Waals surface area contributed by atoms with Gasteiger partial charge in [-0.3, -0.25) is 0 Å². The van der Waals surface area contributed by atoms with E-state index in [4.69, 9.17) is 23.2 Å². The molecule has 7 nitrogen and oxygen atoms in total. The van der Waals surface area contributed by atoms with Crippen molar-refractivity contribution in [3.63, 3.8) is 0 Å². The van der Waals surface area contributed by atoms with Crippen molar-refractivity contribution in [3.05, 3.63) is 42.0 Å². The van der Waals surface area contributed by atoms with E-state index in [0.29, 0.717) is 33.9 Å². The van der Waals surface area contributed by atoms with Crippen molar-refractivity contribution >= 4 is 29.7 Å². The van der Waals surface area contributed by atoms with Crippen LogP contribution >= 0.6 is 0 Å². The number of hydrogen-bond acceptors (Lipinski definition) is 7. The molecule has 0 radical (unpaired) electrons. The van der Waals surface area contributed by atoms with E-state index >= 15 is 0 Å². The summed E-state index contributed by atoms with van der Waals surface area (Å²) < 4.78 is 28.6. The number of fused-ring (bicyclic) bond motifs is 1. The van der Waals surface area contributed by atoms with Crippen molar-refractivity contribution in [2.24, 2.45) is 0 Å². The summed E-state index contributed by atoms with van der Waals surface area (Å²) in [5.74, 6) is 0.555. The smallest absolute Gasteiger partial charge is 0.494 e. The third kappa shape index (κ3) is 3.36. The summed E-state index contributed by atoms with van der Waals surface area (Å²) >= 11 is 0. The molecule has 4 rings (SSSR count). The molecule has 2 aromatic carbocycles. The minimum atomic E-state index is -0.519. The van der Waals surface area contributed by atoms with Gasteiger partial charge in [0.2, 0.25) is 5.89 Å². The normalized spacial score (nSPS) is 17.3. The molecule has 2 heterocycles. The zero-order valence-corrected chi connectivity index (χ0v) is 17.9. The maximum Gasteiger partial charge on any atom is 0.494 e. The van der Waals surface area contributed by atoms with Crippen LogP contribution in [-0.4, -0.2) is 43.5 Å². The zero-order chi connectivity index (χ0) is 21.7. The fourth-order valence-electron chi connectivity index (χ4n) is 3.31. The van der Waals surface area contributed by atoms with Crippen LogP contribution in [0.4, 0.5) is 0 Å². The Labute approximate surface area is 175 Å². The first kappa shape index (κ1) is 20.4. The number of hydrogen-bond donors (Lipinski definition) is 0. The molecule has 0 amide bonds. The minimum absolute atomic E-state index is 0.377. The molecule has 1 fully saturated rings. The van der Waals surface area contributed by atoms with Gasteiger partial charge in [0, 0.05) is 0 Å². The monoisotopic (exact) mass is 409 g/mol. The Kier molecular flexibility index (Phi) is 4.87. The quantitative estimate of drug-likeness (QED) is 0.481. The van der Waals surface area contributed by atoms with Gasteiger partial charge in [0.25, 0.3) is 0 Å². The summed E-state index contributed by atoms with van der Waals surface area (Å²) in [4.78, 5) is 16.4. The van der Waals surface area contributed by atoms with Crippen LogP contribution in [0.2, 0.25) is 0 Å². The van der Waals surface area contributed by atoms with E-state index in [1.807, 2.05) is 45.9 Å². The first-order valence-corrected chi connectivity index (χ1v) is 9.68. The largest absolute Gasteiger partial charge is 0.496 e. The van der Waals surface area contributed by atoms with E-state index in [1.54, 1.807) is 25.3 Å². The molecule has 0 bridgehead atoms. The van der Waals surface area contributed by atoms with Gasteiger partial charge in [0.05, 0.1) is 36.5 Å². The molecule has 30 heavy (non-hydrogen) atoms. The summed E-state index contributed by atoms with van der Waals surface area (Å²) in [6.45, 7) is 8.04. The average Bonchev–Trinajstić information content (AvgIpc) is 3.23. The van der Waals surface area contributed by atoms with Crippen LogP contribution in [0, 0.1) is 0 Å². The third-order valence-corrected chi connectivity index (χ3v) is 5.79. The Morgan fingerprint density at radius 2 is 1.70 bits per heavy atom. The molecular weight excluding hydrogens is 385 g/mol. The lowest BCUT2D eigenvalue weighted by Gasteiger charge is -2.32. The summed E-state index contributed by atoms with van der Waals surface area (Å²) in [6, 6.07) is 10.6. The number of nitrogens with zero attached hydrogens (tertiary/aromatic N) is 1.